The first-order valence-corrected chi connectivity index (χ1v) is 3.74. The Balaban J connectivity index is 2.97. The second-order valence-corrected chi connectivity index (χ2v) is 2.22. The van der Waals surface area contributed by atoms with Crippen LogP contribution < -0.4 is 5.56 Å². The van der Waals surface area contributed by atoms with Gasteiger partial charge in [0, 0.05) is 17.8 Å². The predicted molar refractivity (Wildman–Crippen MR) is 47.8 cm³/mol. The molecule has 0 bridgehead atoms. The van der Waals surface area contributed by atoms with Crippen molar-refractivity contribution in [2.45, 2.75) is 0 Å². The van der Waals surface area contributed by atoms with Gasteiger partial charge in [0.05, 0.1) is 5.75 Å². The molecule has 0 spiro atoms. The van der Waals surface area contributed by atoms with E-state index in [0.717, 1.165) is 5.56 Å². The van der Waals surface area contributed by atoms with Crippen molar-refractivity contribution in [1.29, 1.82) is 0 Å². The number of aromatic amines is 1. The lowest BCUT2D eigenvalue weighted by Gasteiger charge is -1.84. The maximum absolute atomic E-state index is 10.7. The van der Waals surface area contributed by atoms with Gasteiger partial charge in [0.1, 0.15) is 0 Å². The molecule has 0 saturated carbocycles. The van der Waals surface area contributed by atoms with Gasteiger partial charge in [0.25, 0.3) is 0 Å². The average molecular weight is 165 g/mol. The number of aromatic nitrogens is 1. The topological polar surface area (TPSA) is 32.9 Å². The van der Waals surface area contributed by atoms with Gasteiger partial charge in [-0.1, -0.05) is 11.8 Å². The Bertz CT molecular complexity index is 345. The molecule has 0 fully saturated rings. The first-order chi connectivity index (χ1) is 5.33. The third kappa shape index (κ3) is 2.52. The molecule has 0 aliphatic heterocycles. The van der Waals surface area contributed by atoms with Gasteiger partial charge in [-0.3, -0.25) is 4.79 Å². The monoisotopic (exact) mass is 165 g/mol. The van der Waals surface area contributed by atoms with Crippen molar-refractivity contribution in [3.8, 4) is 11.8 Å². The SMILES string of the molecule is O=c1cc(C#CCS)cc[nH]1. The van der Waals surface area contributed by atoms with Crippen LogP contribution in [-0.2, 0) is 0 Å². The summed E-state index contributed by atoms with van der Waals surface area (Å²) in [7, 11) is 0. The van der Waals surface area contributed by atoms with Crippen LogP contribution in [0, 0.1) is 11.8 Å². The fourth-order valence-corrected chi connectivity index (χ4v) is 0.743. The van der Waals surface area contributed by atoms with E-state index < -0.39 is 0 Å². The van der Waals surface area contributed by atoms with Crippen molar-refractivity contribution in [1.82, 2.24) is 4.98 Å². The number of hydrogen-bond acceptors (Lipinski definition) is 2. The van der Waals surface area contributed by atoms with Crippen LogP contribution in [-0.4, -0.2) is 10.7 Å². The number of nitrogens with one attached hydrogen (secondary N) is 1. The minimum absolute atomic E-state index is 0.129. The van der Waals surface area contributed by atoms with Gasteiger partial charge >= 0.3 is 0 Å². The molecule has 0 radical (unpaired) electrons. The van der Waals surface area contributed by atoms with E-state index in [1.807, 2.05) is 0 Å². The highest BCUT2D eigenvalue weighted by molar-refractivity contribution is 7.80. The van der Waals surface area contributed by atoms with E-state index in [4.69, 9.17) is 0 Å². The lowest BCUT2D eigenvalue weighted by atomic mass is 10.3. The third-order valence-corrected chi connectivity index (χ3v) is 1.24. The summed E-state index contributed by atoms with van der Waals surface area (Å²) >= 11 is 3.92. The number of pyridine rings is 1. The predicted octanol–water partition coefficient (Wildman–Crippen LogP) is 0.656. The molecule has 0 unspecified atom stereocenters. The maximum Gasteiger partial charge on any atom is 0.249 e. The summed E-state index contributed by atoms with van der Waals surface area (Å²) in [6.07, 6.45) is 1.57. The fraction of sp³-hybridized carbons (Fsp3) is 0.125. The largest absolute Gasteiger partial charge is 0.329 e. The molecule has 0 atom stereocenters. The van der Waals surface area contributed by atoms with E-state index in [2.05, 4.69) is 29.5 Å². The summed E-state index contributed by atoms with van der Waals surface area (Å²) in [4.78, 5) is 13.2. The van der Waals surface area contributed by atoms with Crippen molar-refractivity contribution in [3.05, 3.63) is 34.2 Å². The Hall–Kier alpha value is -1.14. The van der Waals surface area contributed by atoms with Crippen molar-refractivity contribution < 1.29 is 0 Å². The number of H-pyrrole nitrogens is 1. The first kappa shape index (κ1) is 7.96. The van der Waals surface area contributed by atoms with E-state index in [1.54, 1.807) is 12.3 Å². The van der Waals surface area contributed by atoms with Crippen molar-refractivity contribution in [3.63, 3.8) is 0 Å². The van der Waals surface area contributed by atoms with Crippen molar-refractivity contribution in [2.24, 2.45) is 0 Å². The molecule has 11 heavy (non-hydrogen) atoms. The van der Waals surface area contributed by atoms with E-state index >= 15 is 0 Å². The minimum Gasteiger partial charge on any atom is -0.329 e. The Morgan fingerprint density at radius 1 is 1.64 bits per heavy atom. The second-order valence-electron chi connectivity index (χ2n) is 1.90. The molecule has 1 rings (SSSR count). The second kappa shape index (κ2) is 3.89. The molecule has 0 amide bonds. The summed E-state index contributed by atoms with van der Waals surface area (Å²) in [5.41, 5.74) is 0.596. The van der Waals surface area contributed by atoms with Crippen LogP contribution >= 0.6 is 12.6 Å². The summed E-state index contributed by atoms with van der Waals surface area (Å²) < 4.78 is 0. The lowest BCUT2D eigenvalue weighted by molar-refractivity contribution is 1.23. The number of hydrogen-bond donors (Lipinski definition) is 2. The van der Waals surface area contributed by atoms with Gasteiger partial charge < -0.3 is 4.98 Å². The van der Waals surface area contributed by atoms with Crippen molar-refractivity contribution >= 4 is 12.6 Å². The van der Waals surface area contributed by atoms with E-state index in [-0.39, 0.29) is 5.56 Å². The quantitative estimate of drug-likeness (QED) is 0.429. The molecular weight excluding hydrogens is 158 g/mol. The van der Waals surface area contributed by atoms with Crippen LogP contribution in [0.3, 0.4) is 0 Å². The van der Waals surface area contributed by atoms with Gasteiger partial charge in [-0.15, -0.1) is 0 Å². The van der Waals surface area contributed by atoms with Gasteiger partial charge in [-0.25, -0.2) is 0 Å². The molecule has 1 heterocycles. The zero-order valence-corrected chi connectivity index (χ0v) is 6.69. The first-order valence-electron chi connectivity index (χ1n) is 3.11. The van der Waals surface area contributed by atoms with Crippen LogP contribution in [0.1, 0.15) is 5.56 Å². The smallest absolute Gasteiger partial charge is 0.249 e. The normalized spacial score (nSPS) is 8.45. The van der Waals surface area contributed by atoms with Gasteiger partial charge in [-0.05, 0) is 6.07 Å². The molecule has 2 nitrogen and oxygen atoms in total. The Labute approximate surface area is 70.1 Å². The van der Waals surface area contributed by atoms with E-state index in [0.29, 0.717) is 5.75 Å². The van der Waals surface area contributed by atoms with E-state index in [1.165, 1.54) is 6.07 Å². The molecule has 1 N–H and O–H groups in total. The molecule has 1 aromatic heterocycles. The van der Waals surface area contributed by atoms with Crippen LogP contribution in [0.2, 0.25) is 0 Å². The number of thiol groups is 1. The van der Waals surface area contributed by atoms with Crippen LogP contribution in [0.4, 0.5) is 0 Å². The Morgan fingerprint density at radius 2 is 2.45 bits per heavy atom. The summed E-state index contributed by atoms with van der Waals surface area (Å²) in [5, 5.41) is 0. The van der Waals surface area contributed by atoms with Crippen LogP contribution in [0.25, 0.3) is 0 Å². The zero-order valence-electron chi connectivity index (χ0n) is 5.79. The lowest BCUT2D eigenvalue weighted by Crippen LogP contribution is -2.02. The molecule has 3 heteroatoms. The van der Waals surface area contributed by atoms with Gasteiger partial charge in [-0.2, -0.15) is 12.6 Å². The highest BCUT2D eigenvalue weighted by Crippen LogP contribution is 1.87. The Morgan fingerprint density at radius 3 is 3.09 bits per heavy atom. The van der Waals surface area contributed by atoms with Crippen LogP contribution in [0.5, 0.6) is 0 Å². The van der Waals surface area contributed by atoms with Gasteiger partial charge in [0.2, 0.25) is 5.56 Å². The molecular formula is C8H7NOS. The third-order valence-electron chi connectivity index (χ3n) is 1.09. The highest BCUT2D eigenvalue weighted by atomic mass is 32.1. The summed E-state index contributed by atoms with van der Waals surface area (Å²) in [6, 6.07) is 3.20. The maximum atomic E-state index is 10.7. The van der Waals surface area contributed by atoms with Gasteiger partial charge in [0.15, 0.2) is 0 Å². The Kier molecular flexibility index (Phi) is 2.82. The van der Waals surface area contributed by atoms with E-state index in [9.17, 15) is 4.79 Å². The molecule has 0 saturated heterocycles. The minimum atomic E-state index is -0.129. The molecule has 56 valence electrons. The summed E-state index contributed by atoms with van der Waals surface area (Å²) in [6.45, 7) is 0. The van der Waals surface area contributed by atoms with Crippen LogP contribution in [0.15, 0.2) is 23.1 Å². The number of rotatable bonds is 0. The highest BCUT2D eigenvalue weighted by Gasteiger charge is 1.84. The molecule has 0 aliphatic carbocycles. The molecule has 0 aliphatic rings. The van der Waals surface area contributed by atoms with Crippen molar-refractivity contribution in [2.75, 3.05) is 5.75 Å². The molecule has 0 aromatic carbocycles. The summed E-state index contributed by atoms with van der Waals surface area (Å²) in [5.74, 6) is 6.05. The standard InChI is InChI=1S/C8H7NOS/c10-8-6-7(2-1-5-11)3-4-9-8/h3-4,6,11H,5H2,(H,9,10). The zero-order chi connectivity index (χ0) is 8.10. The molecule has 1 aromatic rings. The fourth-order valence-electron chi connectivity index (χ4n) is 0.664. The average Bonchev–Trinajstić information content (AvgIpc) is 2.01.